The van der Waals surface area contributed by atoms with Gasteiger partial charge in [0.05, 0.1) is 5.69 Å². The van der Waals surface area contributed by atoms with Gasteiger partial charge in [0, 0.05) is 65.6 Å². The molecular formula is C92H60N4. The maximum Gasteiger partial charge on any atom is 0.0702 e. The van der Waals surface area contributed by atoms with E-state index >= 15 is 0 Å². The third-order valence-electron chi connectivity index (χ3n) is 18.8. The van der Waals surface area contributed by atoms with Crippen LogP contribution in [0.2, 0.25) is 0 Å². The number of rotatable bonds is 10. The second-order valence-electron chi connectivity index (χ2n) is 24.5. The first-order chi connectivity index (χ1) is 47.6. The molecule has 0 unspecified atom stereocenters. The Labute approximate surface area is 557 Å². The van der Waals surface area contributed by atoms with Gasteiger partial charge in [-0.05, 0) is 227 Å². The molecule has 0 N–H and O–H groups in total. The van der Waals surface area contributed by atoms with Crippen molar-refractivity contribution in [1.29, 1.82) is 0 Å². The molecule has 96 heavy (non-hydrogen) atoms. The molecular weight excluding hydrogens is 1160 g/mol. The average Bonchev–Trinajstić information content (AvgIpc) is 0.755. The summed E-state index contributed by atoms with van der Waals surface area (Å²) in [5, 5.41) is 15.5. The molecule has 18 aromatic rings. The Balaban J connectivity index is 0.000000145. The van der Waals surface area contributed by atoms with Gasteiger partial charge in [0.25, 0.3) is 0 Å². The molecule has 4 nitrogen and oxygen atoms in total. The Morgan fingerprint density at radius 1 is 0.146 bits per heavy atom. The Morgan fingerprint density at radius 3 is 0.771 bits per heavy atom. The summed E-state index contributed by atoms with van der Waals surface area (Å²) in [7, 11) is 0. The number of benzene rings is 14. The van der Waals surface area contributed by atoms with Crippen molar-refractivity contribution in [3.63, 3.8) is 0 Å². The van der Waals surface area contributed by atoms with Crippen LogP contribution in [0.4, 0.5) is 0 Å². The van der Waals surface area contributed by atoms with Crippen LogP contribution >= 0.6 is 0 Å². The molecule has 0 radical (unpaired) electrons. The second kappa shape index (κ2) is 25.0. The summed E-state index contributed by atoms with van der Waals surface area (Å²) in [6.45, 7) is 0. The quantitative estimate of drug-likeness (QED) is 0.128. The van der Waals surface area contributed by atoms with Gasteiger partial charge in [-0.3, -0.25) is 19.9 Å². The minimum atomic E-state index is 0.947. The summed E-state index contributed by atoms with van der Waals surface area (Å²) in [5.74, 6) is 0. The summed E-state index contributed by atoms with van der Waals surface area (Å²) in [6, 6.07) is 116. The van der Waals surface area contributed by atoms with Gasteiger partial charge < -0.3 is 0 Å². The largest absolute Gasteiger partial charge is 0.264 e. The fourth-order valence-corrected chi connectivity index (χ4v) is 14.2. The highest BCUT2D eigenvalue weighted by Gasteiger charge is 2.17. The molecule has 0 amide bonds. The monoisotopic (exact) mass is 1220 g/mol. The van der Waals surface area contributed by atoms with E-state index in [0.717, 1.165) is 55.8 Å². The Hall–Kier alpha value is -12.8. The van der Waals surface area contributed by atoms with E-state index < -0.39 is 0 Å². The van der Waals surface area contributed by atoms with Crippen LogP contribution in [-0.2, 0) is 0 Å². The predicted octanol–water partition coefficient (Wildman–Crippen LogP) is 24.5. The molecule has 0 aliphatic heterocycles. The first-order valence-corrected chi connectivity index (χ1v) is 32.6. The maximum atomic E-state index is 4.67. The highest BCUT2D eigenvalue weighted by molar-refractivity contribution is 6.27. The lowest BCUT2D eigenvalue weighted by Gasteiger charge is -2.15. The van der Waals surface area contributed by atoms with Gasteiger partial charge in [-0.2, -0.15) is 0 Å². The highest BCUT2D eigenvalue weighted by Crippen LogP contribution is 2.43. The van der Waals surface area contributed by atoms with E-state index in [1.165, 1.54) is 120 Å². The molecule has 448 valence electrons. The van der Waals surface area contributed by atoms with E-state index in [2.05, 4.69) is 311 Å². The normalized spacial score (nSPS) is 11.3. The van der Waals surface area contributed by atoms with Crippen LogP contribution in [0.3, 0.4) is 0 Å². The lowest BCUT2D eigenvalue weighted by atomic mass is 9.89. The molecule has 0 saturated heterocycles. The third kappa shape index (κ3) is 10.9. The van der Waals surface area contributed by atoms with Crippen LogP contribution in [0.15, 0.2) is 365 Å². The molecule has 4 heterocycles. The first kappa shape index (κ1) is 57.2. The van der Waals surface area contributed by atoms with Gasteiger partial charge in [-0.15, -0.1) is 0 Å². The zero-order valence-corrected chi connectivity index (χ0v) is 52.4. The Kier molecular flexibility index (Phi) is 14.9. The number of aromatic nitrogens is 4. The summed E-state index contributed by atoms with van der Waals surface area (Å²) in [6.07, 6.45) is 13.1. The third-order valence-corrected chi connectivity index (χ3v) is 18.8. The second-order valence-corrected chi connectivity index (χ2v) is 24.5. The standard InChI is InChI=1S/2C46H30N2/c1-2-12-40(38-26-36(34-9-7-23-47-29-34)25-37(27-38)35-10-8-24-48-30-35)39(11-1)32-19-17-31(18-20-32)33-21-22-45-43-15-4-3-13-41(43)42-14-5-6-16-44(42)46(45)28-33;1-2-12-39(36-26-35(34-10-9-24-47-30-34)27-37(28-36)46-17-7-8-25-48-46)38(11-1)32-20-18-31(19-21-32)33-22-23-44-42-15-4-3-13-40(42)41-14-5-6-16-43(41)45(44)29-33/h2*1-30H. The predicted molar refractivity (Wildman–Crippen MR) is 403 cm³/mol. The highest BCUT2D eigenvalue weighted by atomic mass is 14.7. The molecule has 14 aromatic carbocycles. The number of fused-ring (bicyclic) bond motifs is 12. The van der Waals surface area contributed by atoms with Crippen LogP contribution < -0.4 is 0 Å². The molecule has 18 rings (SSSR count). The molecule has 0 saturated carbocycles. The molecule has 0 spiro atoms. The molecule has 0 atom stereocenters. The zero-order chi connectivity index (χ0) is 63.7. The van der Waals surface area contributed by atoms with Gasteiger partial charge in [0.15, 0.2) is 0 Å². The fourth-order valence-electron chi connectivity index (χ4n) is 14.2. The van der Waals surface area contributed by atoms with Crippen molar-refractivity contribution >= 4 is 64.6 Å². The molecule has 0 aliphatic carbocycles. The minimum Gasteiger partial charge on any atom is -0.264 e. The van der Waals surface area contributed by atoms with Gasteiger partial charge in [0.2, 0.25) is 0 Å². The van der Waals surface area contributed by atoms with Crippen LogP contribution in [0.5, 0.6) is 0 Å². The van der Waals surface area contributed by atoms with Crippen molar-refractivity contribution in [2.75, 3.05) is 0 Å². The van der Waals surface area contributed by atoms with Crippen molar-refractivity contribution in [2.24, 2.45) is 0 Å². The van der Waals surface area contributed by atoms with E-state index in [4.69, 9.17) is 0 Å². The molecule has 0 fully saturated rings. The first-order valence-electron chi connectivity index (χ1n) is 32.6. The lowest BCUT2D eigenvalue weighted by Crippen LogP contribution is -1.90. The molecule has 0 aliphatic rings. The topological polar surface area (TPSA) is 51.6 Å². The Morgan fingerprint density at radius 2 is 0.427 bits per heavy atom. The molecule has 0 bridgehead atoms. The Bertz CT molecular complexity index is 5360. The zero-order valence-electron chi connectivity index (χ0n) is 52.4. The van der Waals surface area contributed by atoms with Crippen LogP contribution in [-0.4, -0.2) is 19.9 Å². The summed E-state index contributed by atoms with van der Waals surface area (Å²) < 4.78 is 0. The van der Waals surface area contributed by atoms with Gasteiger partial charge in [-0.1, -0.05) is 243 Å². The number of nitrogens with zero attached hydrogens (tertiary/aromatic N) is 4. The minimum absolute atomic E-state index is 0.947. The van der Waals surface area contributed by atoms with Crippen LogP contribution in [0.1, 0.15) is 0 Å². The van der Waals surface area contributed by atoms with Crippen molar-refractivity contribution < 1.29 is 0 Å². The summed E-state index contributed by atoms with van der Waals surface area (Å²) in [5.41, 5.74) is 22.9. The van der Waals surface area contributed by atoms with Gasteiger partial charge >= 0.3 is 0 Å². The summed E-state index contributed by atoms with van der Waals surface area (Å²) >= 11 is 0. The fraction of sp³-hybridized carbons (Fsp3) is 0. The number of pyridine rings is 4. The van der Waals surface area contributed by atoms with Crippen molar-refractivity contribution in [3.8, 4) is 111 Å². The summed E-state index contributed by atoms with van der Waals surface area (Å²) in [4.78, 5) is 17.9. The van der Waals surface area contributed by atoms with Crippen LogP contribution in [0, 0.1) is 0 Å². The molecule has 4 aromatic heterocycles. The molecule has 4 heteroatoms. The smallest absolute Gasteiger partial charge is 0.0702 e. The average molecular weight is 1220 g/mol. The van der Waals surface area contributed by atoms with Gasteiger partial charge in [0.1, 0.15) is 0 Å². The van der Waals surface area contributed by atoms with Crippen molar-refractivity contribution in [2.45, 2.75) is 0 Å². The van der Waals surface area contributed by atoms with E-state index in [9.17, 15) is 0 Å². The van der Waals surface area contributed by atoms with Gasteiger partial charge in [-0.25, -0.2) is 0 Å². The van der Waals surface area contributed by atoms with Crippen molar-refractivity contribution in [1.82, 2.24) is 19.9 Å². The SMILES string of the molecule is c1ccc(-c2cc(-c3cccnc3)cc(-c3ccccc3-c3ccc(-c4ccc5c6ccccc6c6ccccc6c5c4)cc3)c2)nc1.c1cncc(-c2cc(-c3cccnc3)cc(-c3ccccc3-c3ccc(-c4ccc5c6ccccc6c6ccccc6c5c4)cc3)c2)c1. The number of hydrogen-bond acceptors (Lipinski definition) is 4. The number of hydrogen-bond donors (Lipinski definition) is 0. The van der Waals surface area contributed by atoms with E-state index in [0.29, 0.717) is 0 Å². The maximum absolute atomic E-state index is 4.67. The van der Waals surface area contributed by atoms with E-state index in [-0.39, 0.29) is 0 Å². The van der Waals surface area contributed by atoms with Crippen molar-refractivity contribution in [3.05, 3.63) is 365 Å². The van der Waals surface area contributed by atoms with E-state index in [1.54, 1.807) is 0 Å². The van der Waals surface area contributed by atoms with E-state index in [1.807, 2.05) is 73.7 Å². The lowest BCUT2D eigenvalue weighted by molar-refractivity contribution is 1.32. The van der Waals surface area contributed by atoms with Crippen LogP contribution in [0.25, 0.3) is 176 Å².